The number of aryl methyl sites for hydroxylation is 1. The zero-order valence-corrected chi connectivity index (χ0v) is 16.5. The third kappa shape index (κ3) is 4.28. The van der Waals surface area contributed by atoms with E-state index in [-0.39, 0.29) is 5.91 Å². The molecule has 0 heterocycles. The third-order valence-electron chi connectivity index (χ3n) is 4.63. The van der Waals surface area contributed by atoms with Crippen LogP contribution in [0.15, 0.2) is 36.4 Å². The number of anilines is 1. The van der Waals surface area contributed by atoms with Gasteiger partial charge in [-0.3, -0.25) is 4.79 Å². The van der Waals surface area contributed by atoms with Crippen LogP contribution >= 0.6 is 0 Å². The maximum Gasteiger partial charge on any atom is 0.253 e. The van der Waals surface area contributed by atoms with Gasteiger partial charge in [0.1, 0.15) is 0 Å². The van der Waals surface area contributed by atoms with Crippen molar-refractivity contribution in [2.45, 2.75) is 20.4 Å². The average molecular weight is 356 g/mol. The fourth-order valence-electron chi connectivity index (χ4n) is 2.78. The van der Waals surface area contributed by atoms with Gasteiger partial charge in [-0.2, -0.15) is 0 Å². The summed E-state index contributed by atoms with van der Waals surface area (Å²) >= 11 is 0. The smallest absolute Gasteiger partial charge is 0.253 e. The molecule has 0 radical (unpaired) electrons. The molecule has 0 fully saturated rings. The Bertz CT molecular complexity index is 757. The lowest BCUT2D eigenvalue weighted by atomic mass is 10.1. The summed E-state index contributed by atoms with van der Waals surface area (Å²) in [6.45, 7) is 5.52. The van der Waals surface area contributed by atoms with E-state index >= 15 is 0 Å². The largest absolute Gasteiger partial charge is 0.493 e. The molecule has 2 aromatic rings. The van der Waals surface area contributed by atoms with E-state index in [2.05, 4.69) is 11.8 Å². The first-order valence-electron chi connectivity index (χ1n) is 8.69. The highest BCUT2D eigenvalue weighted by atomic mass is 16.5. The lowest BCUT2D eigenvalue weighted by Crippen LogP contribution is -2.26. The number of amides is 1. The van der Waals surface area contributed by atoms with Crippen LogP contribution in [0.2, 0.25) is 0 Å². The Labute approximate surface area is 156 Å². The SMILES string of the molecule is CCN(C)c1ccc(C(=O)N(C)Cc2cc(OC)c(OC)cc2C)cc1. The highest BCUT2D eigenvalue weighted by molar-refractivity contribution is 5.94. The van der Waals surface area contributed by atoms with Crippen LogP contribution in [0.1, 0.15) is 28.4 Å². The molecule has 0 unspecified atom stereocenters. The van der Waals surface area contributed by atoms with Gasteiger partial charge in [-0.05, 0) is 61.4 Å². The van der Waals surface area contributed by atoms with Crippen LogP contribution in [-0.4, -0.2) is 45.7 Å². The van der Waals surface area contributed by atoms with Crippen molar-refractivity contribution in [3.8, 4) is 11.5 Å². The van der Waals surface area contributed by atoms with Gasteiger partial charge in [-0.15, -0.1) is 0 Å². The van der Waals surface area contributed by atoms with Crippen molar-refractivity contribution in [3.63, 3.8) is 0 Å². The zero-order valence-electron chi connectivity index (χ0n) is 16.5. The molecule has 5 nitrogen and oxygen atoms in total. The van der Waals surface area contributed by atoms with Crippen LogP contribution < -0.4 is 14.4 Å². The number of hydrogen-bond donors (Lipinski definition) is 0. The second-order valence-corrected chi connectivity index (χ2v) is 6.36. The van der Waals surface area contributed by atoms with Gasteiger partial charge in [0, 0.05) is 38.4 Å². The lowest BCUT2D eigenvalue weighted by molar-refractivity contribution is 0.0785. The summed E-state index contributed by atoms with van der Waals surface area (Å²) in [7, 11) is 7.07. The zero-order chi connectivity index (χ0) is 19.3. The van der Waals surface area contributed by atoms with Crippen LogP contribution in [0.25, 0.3) is 0 Å². The predicted octanol–water partition coefficient (Wildman–Crippen LogP) is 3.74. The van der Waals surface area contributed by atoms with Crippen molar-refractivity contribution in [2.24, 2.45) is 0 Å². The van der Waals surface area contributed by atoms with Gasteiger partial charge in [0.15, 0.2) is 11.5 Å². The Kier molecular flexibility index (Phi) is 6.50. The summed E-state index contributed by atoms with van der Waals surface area (Å²) in [6, 6.07) is 11.6. The van der Waals surface area contributed by atoms with Gasteiger partial charge in [-0.1, -0.05) is 0 Å². The fourth-order valence-corrected chi connectivity index (χ4v) is 2.78. The summed E-state index contributed by atoms with van der Waals surface area (Å²) in [5, 5.41) is 0. The Morgan fingerprint density at radius 2 is 1.58 bits per heavy atom. The number of methoxy groups -OCH3 is 2. The van der Waals surface area contributed by atoms with Gasteiger partial charge >= 0.3 is 0 Å². The number of nitrogens with zero attached hydrogens (tertiary/aromatic N) is 2. The number of rotatable bonds is 7. The molecule has 0 aliphatic rings. The van der Waals surface area contributed by atoms with Crippen LogP contribution in [-0.2, 0) is 6.54 Å². The molecule has 5 heteroatoms. The van der Waals surface area contributed by atoms with E-state index in [0.29, 0.717) is 23.6 Å². The van der Waals surface area contributed by atoms with Crippen molar-refractivity contribution >= 4 is 11.6 Å². The summed E-state index contributed by atoms with van der Waals surface area (Å²) in [5.74, 6) is 1.35. The van der Waals surface area contributed by atoms with E-state index in [9.17, 15) is 4.79 Å². The summed E-state index contributed by atoms with van der Waals surface area (Å²) in [5.41, 5.74) is 3.87. The molecule has 0 spiro atoms. The predicted molar refractivity (Wildman–Crippen MR) is 105 cm³/mol. The van der Waals surface area contributed by atoms with Gasteiger partial charge < -0.3 is 19.3 Å². The van der Waals surface area contributed by atoms with Gasteiger partial charge in [-0.25, -0.2) is 0 Å². The molecule has 0 atom stereocenters. The first-order chi connectivity index (χ1) is 12.4. The van der Waals surface area contributed by atoms with Crippen molar-refractivity contribution in [3.05, 3.63) is 53.1 Å². The molecular formula is C21H28N2O3. The van der Waals surface area contributed by atoms with Crippen molar-refractivity contribution in [1.29, 1.82) is 0 Å². The second kappa shape index (κ2) is 8.61. The minimum Gasteiger partial charge on any atom is -0.493 e. The van der Waals surface area contributed by atoms with E-state index in [1.807, 2.05) is 57.4 Å². The first-order valence-corrected chi connectivity index (χ1v) is 8.69. The molecule has 0 bridgehead atoms. The number of benzene rings is 2. The minimum absolute atomic E-state index is 0.00936. The molecule has 140 valence electrons. The lowest BCUT2D eigenvalue weighted by Gasteiger charge is -2.21. The molecular weight excluding hydrogens is 328 g/mol. The molecule has 2 rings (SSSR count). The second-order valence-electron chi connectivity index (χ2n) is 6.36. The molecule has 0 saturated heterocycles. The number of carbonyl (C=O) groups is 1. The van der Waals surface area contributed by atoms with Crippen molar-refractivity contribution < 1.29 is 14.3 Å². The summed E-state index contributed by atoms with van der Waals surface area (Å²) in [4.78, 5) is 16.6. The Morgan fingerprint density at radius 1 is 1.00 bits per heavy atom. The molecule has 0 aliphatic carbocycles. The maximum atomic E-state index is 12.7. The highest BCUT2D eigenvalue weighted by Gasteiger charge is 2.15. The molecule has 26 heavy (non-hydrogen) atoms. The number of carbonyl (C=O) groups excluding carboxylic acids is 1. The Hall–Kier alpha value is -2.69. The Balaban J connectivity index is 2.16. The summed E-state index contributed by atoms with van der Waals surface area (Å²) < 4.78 is 10.7. The van der Waals surface area contributed by atoms with Crippen LogP contribution in [0, 0.1) is 6.92 Å². The van der Waals surface area contributed by atoms with Gasteiger partial charge in [0.05, 0.1) is 14.2 Å². The molecule has 0 aromatic heterocycles. The Morgan fingerprint density at radius 3 is 2.12 bits per heavy atom. The summed E-state index contributed by atoms with van der Waals surface area (Å²) in [6.07, 6.45) is 0. The third-order valence-corrected chi connectivity index (χ3v) is 4.63. The maximum absolute atomic E-state index is 12.7. The number of ether oxygens (including phenoxy) is 2. The van der Waals surface area contributed by atoms with Crippen LogP contribution in [0.3, 0.4) is 0 Å². The van der Waals surface area contributed by atoms with Crippen LogP contribution in [0.4, 0.5) is 5.69 Å². The van der Waals surface area contributed by atoms with Crippen molar-refractivity contribution in [2.75, 3.05) is 39.8 Å². The van der Waals surface area contributed by atoms with Gasteiger partial charge in [0.25, 0.3) is 5.91 Å². The highest BCUT2D eigenvalue weighted by Crippen LogP contribution is 2.30. The molecule has 0 N–H and O–H groups in total. The van der Waals surface area contributed by atoms with Gasteiger partial charge in [0.2, 0.25) is 0 Å². The average Bonchev–Trinajstić information content (AvgIpc) is 2.67. The van der Waals surface area contributed by atoms with E-state index in [1.165, 1.54) is 0 Å². The number of hydrogen-bond acceptors (Lipinski definition) is 4. The fraction of sp³-hybridized carbons (Fsp3) is 0.381. The monoisotopic (exact) mass is 356 g/mol. The quantitative estimate of drug-likeness (QED) is 0.758. The standard InChI is InChI=1S/C21H28N2O3/c1-7-22(3)18-10-8-16(9-11-18)21(24)23(4)14-17-13-20(26-6)19(25-5)12-15(17)2/h8-13H,7,14H2,1-6H3. The molecule has 0 aliphatic heterocycles. The molecule has 2 aromatic carbocycles. The normalized spacial score (nSPS) is 10.4. The van der Waals surface area contributed by atoms with E-state index < -0.39 is 0 Å². The van der Waals surface area contributed by atoms with E-state index in [1.54, 1.807) is 19.1 Å². The van der Waals surface area contributed by atoms with E-state index in [0.717, 1.165) is 23.4 Å². The van der Waals surface area contributed by atoms with Crippen molar-refractivity contribution in [1.82, 2.24) is 4.90 Å². The minimum atomic E-state index is -0.00936. The first kappa shape index (κ1) is 19.6. The topological polar surface area (TPSA) is 42.0 Å². The molecule has 1 amide bonds. The molecule has 0 saturated carbocycles. The van der Waals surface area contributed by atoms with Crippen LogP contribution in [0.5, 0.6) is 11.5 Å². The van der Waals surface area contributed by atoms with E-state index in [4.69, 9.17) is 9.47 Å².